The highest BCUT2D eigenvalue weighted by molar-refractivity contribution is 7.99. The van der Waals surface area contributed by atoms with Gasteiger partial charge in [0.15, 0.2) is 0 Å². The summed E-state index contributed by atoms with van der Waals surface area (Å²) < 4.78 is 0. The van der Waals surface area contributed by atoms with Crippen LogP contribution in [0.3, 0.4) is 0 Å². The molecule has 0 aromatic rings. The maximum atomic E-state index is 11.2. The highest BCUT2D eigenvalue weighted by atomic mass is 35.5. The van der Waals surface area contributed by atoms with Gasteiger partial charge in [0.05, 0.1) is 12.0 Å². The van der Waals surface area contributed by atoms with Gasteiger partial charge in [-0.2, -0.15) is 11.8 Å². The Bertz CT molecular complexity index is 180. The van der Waals surface area contributed by atoms with Crippen molar-refractivity contribution in [2.24, 2.45) is 0 Å². The van der Waals surface area contributed by atoms with Crippen LogP contribution in [0.4, 0.5) is 0 Å². The number of likely N-dealkylation sites (tertiary alicyclic amines) is 1. The Labute approximate surface area is 87.4 Å². The summed E-state index contributed by atoms with van der Waals surface area (Å²) in [6.45, 7) is 1.64. The number of carbonyl (C=O) groups is 1. The molecular formula is C8H14ClNO2S. The first-order chi connectivity index (χ1) is 6.24. The Morgan fingerprint density at radius 3 is 2.92 bits per heavy atom. The minimum atomic E-state index is -0.00431. The Balaban J connectivity index is 2.11. The van der Waals surface area contributed by atoms with Crippen LogP contribution in [-0.4, -0.2) is 52.5 Å². The zero-order chi connectivity index (χ0) is 9.68. The van der Waals surface area contributed by atoms with Gasteiger partial charge in [-0.15, -0.1) is 11.6 Å². The normalized spacial score (nSPS) is 22.8. The van der Waals surface area contributed by atoms with Crippen LogP contribution in [-0.2, 0) is 4.79 Å². The summed E-state index contributed by atoms with van der Waals surface area (Å²) in [4.78, 5) is 13.0. The van der Waals surface area contributed by atoms with E-state index >= 15 is 0 Å². The lowest BCUT2D eigenvalue weighted by Crippen LogP contribution is -2.27. The third kappa shape index (κ3) is 3.75. The van der Waals surface area contributed by atoms with Crippen LogP contribution >= 0.6 is 23.4 Å². The zero-order valence-electron chi connectivity index (χ0n) is 7.41. The molecule has 0 spiro atoms. The molecule has 1 aliphatic heterocycles. The summed E-state index contributed by atoms with van der Waals surface area (Å²) in [7, 11) is 0. The molecule has 1 amide bonds. The summed E-state index contributed by atoms with van der Waals surface area (Å²) in [6.07, 6.45) is 0.478. The number of halogens is 1. The molecule has 1 saturated heterocycles. The predicted molar refractivity (Wildman–Crippen MR) is 55.2 cm³/mol. The minimum Gasteiger partial charge on any atom is -0.396 e. The number of amides is 1. The van der Waals surface area contributed by atoms with Gasteiger partial charge < -0.3 is 10.0 Å². The fourth-order valence-corrected chi connectivity index (χ4v) is 2.26. The van der Waals surface area contributed by atoms with Crippen LogP contribution in [0.2, 0.25) is 0 Å². The molecule has 1 aliphatic rings. The van der Waals surface area contributed by atoms with Crippen LogP contribution in [0.1, 0.15) is 6.42 Å². The van der Waals surface area contributed by atoms with E-state index in [-0.39, 0.29) is 17.9 Å². The standard InChI is InChI=1S/C8H14ClNO2S/c9-7-5-8(12)10(6-7)1-3-13-4-2-11/h7,11H,1-6H2. The Hall–Kier alpha value is 0.0700. The van der Waals surface area contributed by atoms with Crippen LogP contribution in [0.5, 0.6) is 0 Å². The molecule has 0 aliphatic carbocycles. The maximum Gasteiger partial charge on any atom is 0.224 e. The lowest BCUT2D eigenvalue weighted by atomic mass is 10.4. The third-order valence-electron chi connectivity index (χ3n) is 1.91. The Morgan fingerprint density at radius 1 is 1.62 bits per heavy atom. The Morgan fingerprint density at radius 2 is 2.38 bits per heavy atom. The lowest BCUT2D eigenvalue weighted by molar-refractivity contribution is -0.127. The van der Waals surface area contributed by atoms with Gasteiger partial charge in [-0.05, 0) is 0 Å². The molecule has 5 heteroatoms. The summed E-state index contributed by atoms with van der Waals surface area (Å²) in [6, 6.07) is 0. The molecule has 0 bridgehead atoms. The van der Waals surface area contributed by atoms with Gasteiger partial charge in [0.25, 0.3) is 0 Å². The number of thioether (sulfide) groups is 1. The molecule has 0 radical (unpaired) electrons. The first-order valence-electron chi connectivity index (χ1n) is 4.34. The largest absolute Gasteiger partial charge is 0.396 e. The highest BCUT2D eigenvalue weighted by Crippen LogP contribution is 2.16. The van der Waals surface area contributed by atoms with Crippen molar-refractivity contribution in [2.75, 3.05) is 31.2 Å². The second-order valence-electron chi connectivity index (χ2n) is 2.98. The van der Waals surface area contributed by atoms with Gasteiger partial charge in [-0.3, -0.25) is 4.79 Å². The summed E-state index contributed by atoms with van der Waals surface area (Å²) in [5.74, 6) is 1.78. The smallest absolute Gasteiger partial charge is 0.224 e. The van der Waals surface area contributed by atoms with Crippen molar-refractivity contribution in [3.05, 3.63) is 0 Å². The average molecular weight is 224 g/mol. The number of hydrogen-bond donors (Lipinski definition) is 1. The van der Waals surface area contributed by atoms with Crippen LogP contribution in [0.25, 0.3) is 0 Å². The van der Waals surface area contributed by atoms with E-state index in [9.17, 15) is 4.79 Å². The van der Waals surface area contributed by atoms with Crippen molar-refractivity contribution < 1.29 is 9.90 Å². The van der Waals surface area contributed by atoms with Gasteiger partial charge >= 0.3 is 0 Å². The van der Waals surface area contributed by atoms with Crippen molar-refractivity contribution in [2.45, 2.75) is 11.8 Å². The molecule has 13 heavy (non-hydrogen) atoms. The molecule has 1 rings (SSSR count). The topological polar surface area (TPSA) is 40.5 Å². The molecule has 1 atom stereocenters. The van der Waals surface area contributed by atoms with Crippen molar-refractivity contribution >= 4 is 29.3 Å². The number of hydrogen-bond acceptors (Lipinski definition) is 3. The van der Waals surface area contributed by atoms with E-state index in [0.717, 1.165) is 18.1 Å². The van der Waals surface area contributed by atoms with E-state index in [1.165, 1.54) is 0 Å². The molecule has 0 aromatic carbocycles. The van der Waals surface area contributed by atoms with E-state index in [0.29, 0.717) is 13.0 Å². The van der Waals surface area contributed by atoms with E-state index in [1.807, 2.05) is 0 Å². The van der Waals surface area contributed by atoms with Crippen LogP contribution in [0, 0.1) is 0 Å². The number of carbonyl (C=O) groups excluding carboxylic acids is 1. The Kier molecular flexibility index (Phi) is 4.91. The molecule has 0 aromatic heterocycles. The number of rotatable bonds is 5. The summed E-state index contributed by atoms with van der Waals surface area (Å²) >= 11 is 7.49. The molecule has 76 valence electrons. The fraction of sp³-hybridized carbons (Fsp3) is 0.875. The average Bonchev–Trinajstić information content (AvgIpc) is 2.39. The molecule has 3 nitrogen and oxygen atoms in total. The van der Waals surface area contributed by atoms with E-state index in [2.05, 4.69) is 0 Å². The first-order valence-corrected chi connectivity index (χ1v) is 5.93. The van der Waals surface area contributed by atoms with Gasteiger partial charge in [0, 0.05) is 31.0 Å². The van der Waals surface area contributed by atoms with Gasteiger partial charge in [0.2, 0.25) is 5.91 Å². The number of nitrogens with zero attached hydrogens (tertiary/aromatic N) is 1. The van der Waals surface area contributed by atoms with Gasteiger partial charge in [-0.1, -0.05) is 0 Å². The predicted octanol–water partition coefficient (Wildman–Crippen LogP) is 0.552. The maximum absolute atomic E-state index is 11.2. The highest BCUT2D eigenvalue weighted by Gasteiger charge is 2.27. The van der Waals surface area contributed by atoms with E-state index in [1.54, 1.807) is 16.7 Å². The minimum absolute atomic E-state index is 0.00431. The number of aliphatic hydroxyl groups is 1. The molecule has 1 unspecified atom stereocenters. The van der Waals surface area contributed by atoms with Crippen molar-refractivity contribution in [1.82, 2.24) is 4.90 Å². The van der Waals surface area contributed by atoms with E-state index in [4.69, 9.17) is 16.7 Å². The van der Waals surface area contributed by atoms with Crippen LogP contribution < -0.4 is 0 Å². The molecule has 1 heterocycles. The van der Waals surface area contributed by atoms with Gasteiger partial charge in [0.1, 0.15) is 0 Å². The molecule has 1 N–H and O–H groups in total. The van der Waals surface area contributed by atoms with Crippen molar-refractivity contribution in [3.8, 4) is 0 Å². The third-order valence-corrected chi connectivity index (χ3v) is 3.14. The molecule has 1 fully saturated rings. The second-order valence-corrected chi connectivity index (χ2v) is 4.82. The SMILES string of the molecule is O=C1CC(Cl)CN1CCSCCO. The van der Waals surface area contributed by atoms with Gasteiger partial charge in [-0.25, -0.2) is 0 Å². The lowest BCUT2D eigenvalue weighted by Gasteiger charge is -2.14. The quantitative estimate of drug-likeness (QED) is 0.547. The van der Waals surface area contributed by atoms with E-state index < -0.39 is 0 Å². The van der Waals surface area contributed by atoms with Crippen molar-refractivity contribution in [1.29, 1.82) is 0 Å². The number of aliphatic hydroxyl groups excluding tert-OH is 1. The molecular weight excluding hydrogens is 210 g/mol. The van der Waals surface area contributed by atoms with Crippen molar-refractivity contribution in [3.63, 3.8) is 0 Å². The second kappa shape index (κ2) is 5.73. The zero-order valence-corrected chi connectivity index (χ0v) is 8.98. The monoisotopic (exact) mass is 223 g/mol. The fourth-order valence-electron chi connectivity index (χ4n) is 1.28. The molecule has 0 saturated carbocycles. The first kappa shape index (κ1) is 11.1. The van der Waals surface area contributed by atoms with Crippen LogP contribution in [0.15, 0.2) is 0 Å². The number of alkyl halides is 1. The summed E-state index contributed by atoms with van der Waals surface area (Å²) in [5.41, 5.74) is 0. The summed E-state index contributed by atoms with van der Waals surface area (Å²) in [5, 5.41) is 8.53.